The fourth-order valence-corrected chi connectivity index (χ4v) is 1.64. The fourth-order valence-electron chi connectivity index (χ4n) is 1.64. The van der Waals surface area contributed by atoms with Crippen molar-refractivity contribution in [1.82, 2.24) is 0 Å². The number of ether oxygens (including phenoxy) is 2. The maximum absolute atomic E-state index is 5.59. The minimum Gasteiger partial charge on any atom is -0.489 e. The second kappa shape index (κ2) is 4.33. The van der Waals surface area contributed by atoms with E-state index >= 15 is 0 Å². The van der Waals surface area contributed by atoms with E-state index < -0.39 is 0 Å². The molecule has 1 aromatic carbocycles. The summed E-state index contributed by atoms with van der Waals surface area (Å²) in [7, 11) is 0. The molecular weight excluding hydrogens is 178 g/mol. The molecule has 76 valence electrons. The summed E-state index contributed by atoms with van der Waals surface area (Å²) in [5.74, 6) is 1.74. The molecule has 0 radical (unpaired) electrons. The van der Waals surface area contributed by atoms with Gasteiger partial charge in [0.1, 0.15) is 6.61 Å². The lowest BCUT2D eigenvalue weighted by Crippen LogP contribution is -2.13. The van der Waals surface area contributed by atoms with Crippen molar-refractivity contribution in [2.45, 2.75) is 12.8 Å². The molecule has 1 heterocycles. The molecule has 2 rings (SSSR count). The molecular formula is C11H15NO2. The van der Waals surface area contributed by atoms with Crippen molar-refractivity contribution < 1.29 is 9.47 Å². The molecule has 0 atom stereocenters. The van der Waals surface area contributed by atoms with E-state index in [0.29, 0.717) is 13.2 Å². The van der Waals surface area contributed by atoms with Crippen LogP contribution in [0.1, 0.15) is 12.0 Å². The summed E-state index contributed by atoms with van der Waals surface area (Å²) in [6.07, 6.45) is 2.17. The van der Waals surface area contributed by atoms with Gasteiger partial charge in [-0.1, -0.05) is 12.1 Å². The highest BCUT2D eigenvalue weighted by molar-refractivity contribution is 5.47. The second-order valence-electron chi connectivity index (χ2n) is 3.33. The van der Waals surface area contributed by atoms with Crippen LogP contribution in [0.4, 0.5) is 0 Å². The number of rotatable bonds is 3. The zero-order chi connectivity index (χ0) is 9.80. The minimum atomic E-state index is 0.531. The average molecular weight is 193 g/mol. The molecule has 3 heteroatoms. The van der Waals surface area contributed by atoms with Gasteiger partial charge in [-0.05, 0) is 24.5 Å². The molecule has 0 saturated carbocycles. The summed E-state index contributed by atoms with van der Waals surface area (Å²) >= 11 is 0. The van der Waals surface area contributed by atoms with Crippen LogP contribution < -0.4 is 15.2 Å². The van der Waals surface area contributed by atoms with Gasteiger partial charge >= 0.3 is 0 Å². The Morgan fingerprint density at radius 3 is 3.21 bits per heavy atom. The van der Waals surface area contributed by atoms with Gasteiger partial charge in [0.25, 0.3) is 0 Å². The Bertz CT molecular complexity index is 312. The van der Waals surface area contributed by atoms with Crippen LogP contribution in [0, 0.1) is 0 Å². The first-order chi connectivity index (χ1) is 6.92. The van der Waals surface area contributed by atoms with Crippen LogP contribution in [0.25, 0.3) is 0 Å². The quantitative estimate of drug-likeness (QED) is 0.788. The van der Waals surface area contributed by atoms with E-state index in [1.807, 2.05) is 12.1 Å². The molecule has 0 spiro atoms. The number of hydrogen-bond acceptors (Lipinski definition) is 3. The van der Waals surface area contributed by atoms with Gasteiger partial charge in [-0.15, -0.1) is 0 Å². The lowest BCUT2D eigenvalue weighted by molar-refractivity contribution is 0.254. The maximum Gasteiger partial charge on any atom is 0.164 e. The molecule has 3 nitrogen and oxygen atoms in total. The second-order valence-corrected chi connectivity index (χ2v) is 3.33. The van der Waals surface area contributed by atoms with Crippen LogP contribution in [0.5, 0.6) is 11.5 Å². The van der Waals surface area contributed by atoms with Gasteiger partial charge in [0, 0.05) is 6.54 Å². The highest BCUT2D eigenvalue weighted by atomic mass is 16.5. The van der Waals surface area contributed by atoms with Gasteiger partial charge in [0.15, 0.2) is 11.5 Å². The molecule has 14 heavy (non-hydrogen) atoms. The summed E-state index contributed by atoms with van der Waals surface area (Å²) in [6.45, 7) is 1.86. The molecule has 0 aliphatic carbocycles. The van der Waals surface area contributed by atoms with Crippen molar-refractivity contribution in [3.8, 4) is 11.5 Å². The molecule has 0 aromatic heterocycles. The lowest BCUT2D eigenvalue weighted by atomic mass is 10.1. The Hall–Kier alpha value is -1.22. The minimum absolute atomic E-state index is 0.531. The van der Waals surface area contributed by atoms with Crippen molar-refractivity contribution in [2.24, 2.45) is 5.73 Å². The van der Waals surface area contributed by atoms with E-state index in [9.17, 15) is 0 Å². The number of para-hydroxylation sites is 1. The highest BCUT2D eigenvalue weighted by Gasteiger charge is 2.14. The number of nitrogens with two attached hydrogens (primary N) is 1. The first kappa shape index (κ1) is 9.34. The molecule has 0 saturated heterocycles. The monoisotopic (exact) mass is 193 g/mol. The largest absolute Gasteiger partial charge is 0.489 e. The van der Waals surface area contributed by atoms with Crippen LogP contribution in [-0.4, -0.2) is 19.8 Å². The third-order valence-electron chi connectivity index (χ3n) is 2.27. The topological polar surface area (TPSA) is 44.5 Å². The highest BCUT2D eigenvalue weighted by Crippen LogP contribution is 2.34. The van der Waals surface area contributed by atoms with Crippen molar-refractivity contribution in [2.75, 3.05) is 19.8 Å². The van der Waals surface area contributed by atoms with E-state index in [0.717, 1.165) is 30.9 Å². The van der Waals surface area contributed by atoms with Gasteiger partial charge in [-0.3, -0.25) is 0 Å². The standard InChI is InChI=1S/C11H15NO2/c12-6-8-13-10-5-1-3-9-4-2-7-14-11(9)10/h1,3,5H,2,4,6-8,12H2. The van der Waals surface area contributed by atoms with Crippen molar-refractivity contribution >= 4 is 0 Å². The molecule has 0 amide bonds. The molecule has 1 aliphatic heterocycles. The zero-order valence-corrected chi connectivity index (χ0v) is 8.16. The summed E-state index contributed by atoms with van der Waals surface area (Å²) in [4.78, 5) is 0. The summed E-state index contributed by atoms with van der Waals surface area (Å²) in [5.41, 5.74) is 6.63. The number of aryl methyl sites for hydroxylation is 1. The van der Waals surface area contributed by atoms with E-state index in [1.165, 1.54) is 5.56 Å². The number of benzene rings is 1. The normalized spacial score (nSPS) is 14.4. The van der Waals surface area contributed by atoms with Crippen molar-refractivity contribution in [3.63, 3.8) is 0 Å². The number of fused-ring (bicyclic) bond motifs is 1. The predicted octanol–water partition coefficient (Wildman–Crippen LogP) is 1.35. The third-order valence-corrected chi connectivity index (χ3v) is 2.27. The van der Waals surface area contributed by atoms with Gasteiger partial charge in [-0.25, -0.2) is 0 Å². The van der Waals surface area contributed by atoms with Crippen molar-refractivity contribution in [3.05, 3.63) is 23.8 Å². The predicted molar refractivity (Wildman–Crippen MR) is 54.8 cm³/mol. The number of hydrogen-bond donors (Lipinski definition) is 1. The Labute approximate surface area is 83.8 Å². The average Bonchev–Trinajstić information content (AvgIpc) is 2.26. The van der Waals surface area contributed by atoms with Crippen LogP contribution in [-0.2, 0) is 6.42 Å². The van der Waals surface area contributed by atoms with Crippen LogP contribution in [0.2, 0.25) is 0 Å². The van der Waals surface area contributed by atoms with Gasteiger partial charge in [0.05, 0.1) is 6.61 Å². The first-order valence-corrected chi connectivity index (χ1v) is 4.99. The smallest absolute Gasteiger partial charge is 0.164 e. The summed E-state index contributed by atoms with van der Waals surface area (Å²) in [6, 6.07) is 6.02. The van der Waals surface area contributed by atoms with Gasteiger partial charge in [-0.2, -0.15) is 0 Å². The Morgan fingerprint density at radius 1 is 1.43 bits per heavy atom. The molecule has 0 fully saturated rings. The van der Waals surface area contributed by atoms with Gasteiger partial charge in [0.2, 0.25) is 0 Å². The Kier molecular flexibility index (Phi) is 2.89. The Balaban J connectivity index is 2.21. The van der Waals surface area contributed by atoms with E-state index in [-0.39, 0.29) is 0 Å². The van der Waals surface area contributed by atoms with E-state index in [1.54, 1.807) is 0 Å². The molecule has 0 bridgehead atoms. The van der Waals surface area contributed by atoms with E-state index in [4.69, 9.17) is 15.2 Å². The summed E-state index contributed by atoms with van der Waals surface area (Å²) < 4.78 is 11.1. The molecule has 2 N–H and O–H groups in total. The SMILES string of the molecule is NCCOc1cccc2c1OCCC2. The third kappa shape index (κ3) is 1.82. The van der Waals surface area contributed by atoms with Crippen LogP contribution in [0.15, 0.2) is 18.2 Å². The summed E-state index contributed by atoms with van der Waals surface area (Å²) in [5, 5.41) is 0. The molecule has 1 aromatic rings. The maximum atomic E-state index is 5.59. The van der Waals surface area contributed by atoms with Gasteiger partial charge < -0.3 is 15.2 Å². The van der Waals surface area contributed by atoms with Crippen LogP contribution >= 0.6 is 0 Å². The molecule has 1 aliphatic rings. The lowest BCUT2D eigenvalue weighted by Gasteiger charge is -2.19. The molecule has 0 unspecified atom stereocenters. The van der Waals surface area contributed by atoms with Crippen LogP contribution in [0.3, 0.4) is 0 Å². The van der Waals surface area contributed by atoms with Crippen molar-refractivity contribution in [1.29, 1.82) is 0 Å². The zero-order valence-electron chi connectivity index (χ0n) is 8.16. The van der Waals surface area contributed by atoms with E-state index in [2.05, 4.69) is 6.07 Å². The Morgan fingerprint density at radius 2 is 2.36 bits per heavy atom. The fraction of sp³-hybridized carbons (Fsp3) is 0.455. The first-order valence-electron chi connectivity index (χ1n) is 4.99.